The van der Waals surface area contributed by atoms with E-state index in [1.54, 1.807) is 25.4 Å². The summed E-state index contributed by atoms with van der Waals surface area (Å²) < 4.78 is 5.33. The van der Waals surface area contributed by atoms with Gasteiger partial charge in [0.05, 0.1) is 12.8 Å². The summed E-state index contributed by atoms with van der Waals surface area (Å²) in [7, 11) is 1.55. The molecule has 6 heteroatoms. The lowest BCUT2D eigenvalue weighted by Gasteiger charge is -2.31. The van der Waals surface area contributed by atoms with Crippen molar-refractivity contribution in [1.29, 1.82) is 0 Å². The van der Waals surface area contributed by atoms with Crippen LogP contribution in [-0.4, -0.2) is 31.1 Å². The highest BCUT2D eigenvalue weighted by Gasteiger charge is 2.18. The first-order valence-electron chi connectivity index (χ1n) is 8.84. The predicted octanol–water partition coefficient (Wildman–Crippen LogP) is 4.54. The Bertz CT molecular complexity index is 802. The quantitative estimate of drug-likeness (QED) is 0.854. The van der Waals surface area contributed by atoms with E-state index in [9.17, 15) is 4.79 Å². The normalized spacial score (nSPS) is 15.0. The first-order chi connectivity index (χ1) is 12.5. The summed E-state index contributed by atoms with van der Waals surface area (Å²) >= 11 is 6.13. The SMILES string of the molecule is COc1cc(Cl)c(C)cc1NC(=O)c1ccnc(N2CCC(C)CC2)c1. The highest BCUT2D eigenvalue weighted by molar-refractivity contribution is 6.31. The highest BCUT2D eigenvalue weighted by Crippen LogP contribution is 2.31. The van der Waals surface area contributed by atoms with Gasteiger partial charge in [0.25, 0.3) is 5.91 Å². The van der Waals surface area contributed by atoms with E-state index < -0.39 is 0 Å². The minimum Gasteiger partial charge on any atom is -0.495 e. The van der Waals surface area contributed by atoms with Crippen molar-refractivity contribution in [1.82, 2.24) is 4.98 Å². The van der Waals surface area contributed by atoms with Crippen molar-refractivity contribution in [2.75, 3.05) is 30.4 Å². The number of pyridine rings is 1. The van der Waals surface area contributed by atoms with Crippen LogP contribution in [0.2, 0.25) is 5.02 Å². The molecule has 1 aliphatic rings. The summed E-state index contributed by atoms with van der Waals surface area (Å²) in [4.78, 5) is 19.4. The Morgan fingerprint density at radius 3 is 2.73 bits per heavy atom. The summed E-state index contributed by atoms with van der Waals surface area (Å²) in [5, 5.41) is 3.52. The molecule has 26 heavy (non-hydrogen) atoms. The number of piperidine rings is 1. The number of amides is 1. The number of nitrogens with zero attached hydrogens (tertiary/aromatic N) is 2. The van der Waals surface area contributed by atoms with Gasteiger partial charge in [0.2, 0.25) is 0 Å². The molecule has 1 aromatic carbocycles. The van der Waals surface area contributed by atoms with Crippen LogP contribution in [0.1, 0.15) is 35.7 Å². The molecule has 138 valence electrons. The molecular formula is C20H24ClN3O2. The van der Waals surface area contributed by atoms with Crippen molar-refractivity contribution >= 4 is 29.0 Å². The Morgan fingerprint density at radius 2 is 2.04 bits per heavy atom. The molecule has 1 N–H and O–H groups in total. The zero-order valence-electron chi connectivity index (χ0n) is 15.4. The van der Waals surface area contributed by atoms with Gasteiger partial charge in [0.1, 0.15) is 11.6 Å². The Kier molecular flexibility index (Phi) is 5.67. The molecular weight excluding hydrogens is 350 g/mol. The lowest BCUT2D eigenvalue weighted by molar-refractivity contribution is 0.102. The van der Waals surface area contributed by atoms with Gasteiger partial charge in [-0.05, 0) is 49.4 Å². The molecule has 0 aliphatic carbocycles. The first kappa shape index (κ1) is 18.5. The van der Waals surface area contributed by atoms with Crippen LogP contribution >= 0.6 is 11.6 Å². The van der Waals surface area contributed by atoms with Crippen molar-refractivity contribution < 1.29 is 9.53 Å². The van der Waals surface area contributed by atoms with Crippen molar-refractivity contribution in [3.05, 3.63) is 46.6 Å². The number of methoxy groups -OCH3 is 1. The second-order valence-corrected chi connectivity index (χ2v) is 7.24. The largest absolute Gasteiger partial charge is 0.495 e. The van der Waals surface area contributed by atoms with E-state index in [-0.39, 0.29) is 5.91 Å². The molecule has 0 spiro atoms. The Labute approximate surface area is 159 Å². The van der Waals surface area contributed by atoms with Gasteiger partial charge in [-0.15, -0.1) is 0 Å². The predicted molar refractivity (Wildman–Crippen MR) is 106 cm³/mol. The van der Waals surface area contributed by atoms with E-state index in [0.29, 0.717) is 22.0 Å². The van der Waals surface area contributed by atoms with Crippen molar-refractivity contribution in [2.24, 2.45) is 5.92 Å². The molecule has 1 amide bonds. The zero-order chi connectivity index (χ0) is 18.7. The van der Waals surface area contributed by atoms with Crippen molar-refractivity contribution in [2.45, 2.75) is 26.7 Å². The molecule has 0 bridgehead atoms. The minimum absolute atomic E-state index is 0.195. The smallest absolute Gasteiger partial charge is 0.255 e. The number of aryl methyl sites for hydroxylation is 1. The molecule has 0 saturated carbocycles. The minimum atomic E-state index is -0.195. The van der Waals surface area contributed by atoms with E-state index in [0.717, 1.165) is 43.2 Å². The highest BCUT2D eigenvalue weighted by atomic mass is 35.5. The first-order valence-corrected chi connectivity index (χ1v) is 9.22. The van der Waals surface area contributed by atoms with Gasteiger partial charge in [-0.25, -0.2) is 4.98 Å². The second kappa shape index (κ2) is 7.96. The molecule has 5 nitrogen and oxygen atoms in total. The zero-order valence-corrected chi connectivity index (χ0v) is 16.1. The van der Waals surface area contributed by atoms with E-state index >= 15 is 0 Å². The molecule has 1 fully saturated rings. The number of aromatic nitrogens is 1. The van der Waals surface area contributed by atoms with Gasteiger partial charge in [0, 0.05) is 35.9 Å². The summed E-state index contributed by atoms with van der Waals surface area (Å²) in [5.74, 6) is 1.94. The van der Waals surface area contributed by atoms with E-state index in [4.69, 9.17) is 16.3 Å². The van der Waals surface area contributed by atoms with Gasteiger partial charge in [-0.2, -0.15) is 0 Å². The van der Waals surface area contributed by atoms with Crippen LogP contribution in [0.5, 0.6) is 5.75 Å². The van der Waals surface area contributed by atoms with Crippen molar-refractivity contribution in [3.63, 3.8) is 0 Å². The van der Waals surface area contributed by atoms with Crippen LogP contribution in [0, 0.1) is 12.8 Å². The molecule has 0 radical (unpaired) electrons. The second-order valence-electron chi connectivity index (χ2n) is 6.83. The number of halogens is 1. The summed E-state index contributed by atoms with van der Waals surface area (Å²) in [6.07, 6.45) is 3.99. The number of nitrogens with one attached hydrogen (secondary N) is 1. The van der Waals surface area contributed by atoms with Crippen LogP contribution in [0.15, 0.2) is 30.5 Å². The number of rotatable bonds is 4. The summed E-state index contributed by atoms with van der Waals surface area (Å²) in [5.41, 5.74) is 2.05. The van der Waals surface area contributed by atoms with Crippen LogP contribution in [0.4, 0.5) is 11.5 Å². The Hall–Kier alpha value is -2.27. The topological polar surface area (TPSA) is 54.5 Å². The molecule has 1 aromatic heterocycles. The van der Waals surface area contributed by atoms with Gasteiger partial charge >= 0.3 is 0 Å². The number of carbonyl (C=O) groups excluding carboxylic acids is 1. The number of hydrogen-bond donors (Lipinski definition) is 1. The summed E-state index contributed by atoms with van der Waals surface area (Å²) in [6.45, 7) is 6.11. The number of anilines is 2. The Balaban J connectivity index is 1.78. The lowest BCUT2D eigenvalue weighted by Crippen LogP contribution is -2.33. The van der Waals surface area contributed by atoms with Crippen molar-refractivity contribution in [3.8, 4) is 5.75 Å². The van der Waals surface area contributed by atoms with Gasteiger partial charge in [0.15, 0.2) is 0 Å². The fraction of sp³-hybridized carbons (Fsp3) is 0.400. The fourth-order valence-corrected chi connectivity index (χ4v) is 3.25. The molecule has 0 atom stereocenters. The standard InChI is InChI=1S/C20H24ClN3O2/c1-13-5-8-24(9-6-13)19-11-15(4-7-22-19)20(25)23-17-10-14(2)16(21)12-18(17)26-3/h4,7,10-13H,5-6,8-9H2,1-3H3,(H,23,25). The number of carbonyl (C=O) groups is 1. The van der Waals surface area contributed by atoms with Gasteiger partial charge in [-0.3, -0.25) is 4.79 Å². The average Bonchev–Trinajstić information content (AvgIpc) is 2.65. The third-order valence-electron chi connectivity index (χ3n) is 4.84. The van der Waals surface area contributed by atoms with Crippen LogP contribution in [0.25, 0.3) is 0 Å². The van der Waals surface area contributed by atoms with E-state index in [1.807, 2.05) is 19.1 Å². The molecule has 1 saturated heterocycles. The van der Waals surface area contributed by atoms with Gasteiger partial charge < -0.3 is 15.0 Å². The van der Waals surface area contributed by atoms with Crippen LogP contribution in [-0.2, 0) is 0 Å². The van der Waals surface area contributed by atoms with E-state index in [1.165, 1.54) is 0 Å². The maximum Gasteiger partial charge on any atom is 0.255 e. The monoisotopic (exact) mass is 373 g/mol. The number of hydrogen-bond acceptors (Lipinski definition) is 4. The third-order valence-corrected chi connectivity index (χ3v) is 5.25. The molecule has 0 unspecified atom stereocenters. The molecule has 3 rings (SSSR count). The average molecular weight is 374 g/mol. The number of benzene rings is 1. The lowest BCUT2D eigenvalue weighted by atomic mass is 9.99. The molecule has 1 aliphatic heterocycles. The Morgan fingerprint density at radius 1 is 1.31 bits per heavy atom. The van der Waals surface area contributed by atoms with Gasteiger partial charge in [-0.1, -0.05) is 18.5 Å². The van der Waals surface area contributed by atoms with Crippen LogP contribution < -0.4 is 15.0 Å². The molecule has 2 aromatic rings. The maximum absolute atomic E-state index is 12.7. The number of ether oxygens (including phenoxy) is 1. The maximum atomic E-state index is 12.7. The summed E-state index contributed by atoms with van der Waals surface area (Å²) in [6, 6.07) is 7.09. The fourth-order valence-electron chi connectivity index (χ4n) is 3.09. The van der Waals surface area contributed by atoms with Crippen LogP contribution in [0.3, 0.4) is 0 Å². The third kappa shape index (κ3) is 4.10. The van der Waals surface area contributed by atoms with E-state index in [2.05, 4.69) is 22.1 Å². The molecule has 2 heterocycles.